The van der Waals surface area contributed by atoms with Crippen molar-refractivity contribution in [2.75, 3.05) is 29.5 Å². The number of anilines is 1. The van der Waals surface area contributed by atoms with Gasteiger partial charge in [-0.25, -0.2) is 4.79 Å². The van der Waals surface area contributed by atoms with Crippen LogP contribution in [0.15, 0.2) is 36.9 Å². The summed E-state index contributed by atoms with van der Waals surface area (Å²) in [7, 11) is 0. The van der Waals surface area contributed by atoms with Gasteiger partial charge in [0.05, 0.1) is 0 Å². The maximum Gasteiger partial charge on any atom is 0.323 e. The van der Waals surface area contributed by atoms with Gasteiger partial charge in [-0.1, -0.05) is 23.7 Å². The smallest absolute Gasteiger partial charge is 0.323 e. The molecule has 5 nitrogen and oxygen atoms in total. The van der Waals surface area contributed by atoms with Crippen molar-refractivity contribution in [2.24, 2.45) is 0 Å². The largest absolute Gasteiger partial charge is 0.480 e. The van der Waals surface area contributed by atoms with E-state index in [-0.39, 0.29) is 0 Å². The third kappa shape index (κ3) is 6.55. The number of amides is 2. The van der Waals surface area contributed by atoms with Crippen LogP contribution in [0, 0.1) is 0 Å². The van der Waals surface area contributed by atoms with Crippen molar-refractivity contribution in [3.05, 3.63) is 41.9 Å². The lowest BCUT2D eigenvalue weighted by Crippen LogP contribution is -2.43. The highest BCUT2D eigenvalue weighted by molar-refractivity contribution is 7.99. The number of carboxylic acids is 1. The quantitative estimate of drug-likeness (QED) is 0.568. The van der Waals surface area contributed by atoms with Gasteiger partial charge in [0.2, 0.25) is 0 Å². The van der Waals surface area contributed by atoms with Gasteiger partial charge in [-0.2, -0.15) is 11.8 Å². The van der Waals surface area contributed by atoms with Gasteiger partial charge in [0.25, 0.3) is 0 Å². The van der Waals surface area contributed by atoms with Gasteiger partial charge >= 0.3 is 12.0 Å². The average Bonchev–Trinajstić information content (AvgIpc) is 2.44. The number of nitrogens with zero attached hydrogens (tertiary/aromatic N) is 1. The molecule has 1 aromatic carbocycles. The van der Waals surface area contributed by atoms with Crippen molar-refractivity contribution in [3.63, 3.8) is 0 Å². The van der Waals surface area contributed by atoms with Crippen molar-refractivity contribution >= 4 is 41.1 Å². The van der Waals surface area contributed by atoms with Gasteiger partial charge in [0.15, 0.2) is 0 Å². The first-order chi connectivity index (χ1) is 10.0. The molecule has 0 saturated carbocycles. The van der Waals surface area contributed by atoms with Crippen molar-refractivity contribution in [2.45, 2.75) is 0 Å². The summed E-state index contributed by atoms with van der Waals surface area (Å²) >= 11 is 7.50. The second-order valence-corrected chi connectivity index (χ2v) is 5.64. The highest BCUT2D eigenvalue weighted by Gasteiger charge is 2.18. The maximum atomic E-state index is 12.1. The number of nitrogens with one attached hydrogen (secondary N) is 1. The lowest BCUT2D eigenvalue weighted by Gasteiger charge is -2.21. The Kier molecular flexibility index (Phi) is 7.71. The molecule has 1 aromatic rings. The summed E-state index contributed by atoms with van der Waals surface area (Å²) in [6, 6.07) is 6.06. The topological polar surface area (TPSA) is 69.6 Å². The molecule has 0 saturated heterocycles. The van der Waals surface area contributed by atoms with E-state index in [1.807, 2.05) is 0 Å². The van der Waals surface area contributed by atoms with Crippen LogP contribution in [0.4, 0.5) is 10.5 Å². The monoisotopic (exact) mass is 328 g/mol. The number of urea groups is 1. The van der Waals surface area contributed by atoms with E-state index in [9.17, 15) is 9.59 Å². The van der Waals surface area contributed by atoms with Gasteiger partial charge in [0.1, 0.15) is 6.54 Å². The Morgan fingerprint density at radius 3 is 2.86 bits per heavy atom. The standard InChI is InChI=1S/C14H17ClN2O3S/c1-2-7-21-8-6-16-14(20)17(10-13(18)19)12-5-3-4-11(15)9-12/h2-5,9H,1,6-8,10H2,(H,16,20)(H,18,19). The van der Waals surface area contributed by atoms with E-state index < -0.39 is 18.5 Å². The first-order valence-corrected chi connectivity index (χ1v) is 7.79. The number of aliphatic carboxylic acids is 1. The maximum absolute atomic E-state index is 12.1. The number of carbonyl (C=O) groups is 2. The normalized spacial score (nSPS) is 9.95. The highest BCUT2D eigenvalue weighted by atomic mass is 35.5. The molecule has 0 heterocycles. The number of carbonyl (C=O) groups excluding carboxylic acids is 1. The lowest BCUT2D eigenvalue weighted by atomic mass is 10.3. The molecule has 1 rings (SSSR count). The summed E-state index contributed by atoms with van der Waals surface area (Å²) in [6.07, 6.45) is 1.79. The molecule has 21 heavy (non-hydrogen) atoms. The van der Waals surface area contributed by atoms with E-state index in [2.05, 4.69) is 11.9 Å². The van der Waals surface area contributed by atoms with E-state index >= 15 is 0 Å². The number of rotatable bonds is 8. The number of hydrogen-bond acceptors (Lipinski definition) is 3. The Morgan fingerprint density at radius 1 is 1.48 bits per heavy atom. The fourth-order valence-corrected chi connectivity index (χ4v) is 2.32. The Bertz CT molecular complexity index is 511. The van der Waals surface area contributed by atoms with Gasteiger partial charge in [-0.05, 0) is 18.2 Å². The molecular weight excluding hydrogens is 312 g/mol. The van der Waals surface area contributed by atoms with E-state index in [1.54, 1.807) is 42.1 Å². The Hall–Kier alpha value is -1.66. The number of thioether (sulfide) groups is 1. The van der Waals surface area contributed by atoms with Gasteiger partial charge < -0.3 is 10.4 Å². The van der Waals surface area contributed by atoms with Crippen molar-refractivity contribution in [3.8, 4) is 0 Å². The zero-order valence-electron chi connectivity index (χ0n) is 11.4. The van der Waals surface area contributed by atoms with Crippen LogP contribution in [0.2, 0.25) is 5.02 Å². The van der Waals surface area contributed by atoms with Crippen LogP contribution in [0.5, 0.6) is 0 Å². The summed E-state index contributed by atoms with van der Waals surface area (Å²) in [6.45, 7) is 3.64. The first kappa shape index (κ1) is 17.4. The Balaban J connectivity index is 2.66. The first-order valence-electron chi connectivity index (χ1n) is 6.26. The summed E-state index contributed by atoms with van der Waals surface area (Å²) < 4.78 is 0. The van der Waals surface area contributed by atoms with Crippen LogP contribution < -0.4 is 10.2 Å². The van der Waals surface area contributed by atoms with Gasteiger partial charge in [0, 0.05) is 28.8 Å². The summed E-state index contributed by atoms with van der Waals surface area (Å²) in [4.78, 5) is 24.2. The Labute approximate surface area is 133 Å². The van der Waals surface area contributed by atoms with Crippen LogP contribution in [-0.2, 0) is 4.79 Å². The van der Waals surface area contributed by atoms with Crippen LogP contribution in [-0.4, -0.2) is 41.7 Å². The minimum atomic E-state index is -1.09. The van der Waals surface area contributed by atoms with Crippen LogP contribution in [0.25, 0.3) is 0 Å². The molecule has 0 atom stereocenters. The zero-order chi connectivity index (χ0) is 15.7. The van der Waals surface area contributed by atoms with Crippen LogP contribution in [0.3, 0.4) is 0 Å². The molecule has 2 amide bonds. The summed E-state index contributed by atoms with van der Waals surface area (Å²) in [5.74, 6) is 0.447. The van der Waals surface area contributed by atoms with E-state index in [4.69, 9.17) is 16.7 Å². The predicted octanol–water partition coefficient (Wildman–Crippen LogP) is 2.86. The number of carboxylic acid groups (broad SMARTS) is 1. The molecule has 0 aromatic heterocycles. The van der Waals surface area contributed by atoms with Crippen molar-refractivity contribution < 1.29 is 14.7 Å². The molecule has 0 aliphatic heterocycles. The van der Waals surface area contributed by atoms with Gasteiger partial charge in [-0.15, -0.1) is 6.58 Å². The molecule has 0 bridgehead atoms. The van der Waals surface area contributed by atoms with E-state index in [1.165, 1.54) is 0 Å². The minimum absolute atomic E-state index is 0.425. The summed E-state index contributed by atoms with van der Waals surface area (Å²) in [5.41, 5.74) is 0.446. The molecule has 0 aliphatic carbocycles. The summed E-state index contributed by atoms with van der Waals surface area (Å²) in [5, 5.41) is 12.1. The molecule has 0 radical (unpaired) electrons. The number of halogens is 1. The fraction of sp³-hybridized carbons (Fsp3) is 0.286. The molecule has 0 spiro atoms. The second-order valence-electron chi connectivity index (χ2n) is 4.06. The average molecular weight is 329 g/mol. The second kappa shape index (κ2) is 9.31. The Morgan fingerprint density at radius 2 is 2.24 bits per heavy atom. The molecule has 0 unspecified atom stereocenters. The molecule has 114 valence electrons. The lowest BCUT2D eigenvalue weighted by molar-refractivity contribution is -0.135. The van der Waals surface area contributed by atoms with Gasteiger partial charge in [-0.3, -0.25) is 9.69 Å². The number of benzene rings is 1. The highest BCUT2D eigenvalue weighted by Crippen LogP contribution is 2.19. The third-order valence-electron chi connectivity index (χ3n) is 2.42. The van der Waals surface area contributed by atoms with E-state index in [0.717, 1.165) is 16.4 Å². The van der Waals surface area contributed by atoms with E-state index in [0.29, 0.717) is 17.3 Å². The van der Waals surface area contributed by atoms with Crippen LogP contribution in [0.1, 0.15) is 0 Å². The van der Waals surface area contributed by atoms with Crippen molar-refractivity contribution in [1.29, 1.82) is 0 Å². The molecule has 0 aliphatic rings. The molecular formula is C14H17ClN2O3S. The molecule has 2 N–H and O–H groups in total. The molecule has 0 fully saturated rings. The third-order valence-corrected chi connectivity index (χ3v) is 3.62. The zero-order valence-corrected chi connectivity index (χ0v) is 13.0. The predicted molar refractivity (Wildman–Crippen MR) is 87.4 cm³/mol. The fourth-order valence-electron chi connectivity index (χ4n) is 1.55. The minimum Gasteiger partial charge on any atom is -0.480 e. The van der Waals surface area contributed by atoms with Crippen LogP contribution >= 0.6 is 23.4 Å². The molecule has 7 heteroatoms. The SMILES string of the molecule is C=CCSCCNC(=O)N(CC(=O)O)c1cccc(Cl)c1. The van der Waals surface area contributed by atoms with Crippen molar-refractivity contribution in [1.82, 2.24) is 5.32 Å². The number of hydrogen-bond donors (Lipinski definition) is 2.